The molecule has 96 valence electrons. The Morgan fingerprint density at radius 3 is 2.26 bits per heavy atom. The third-order valence-electron chi connectivity index (χ3n) is 3.11. The summed E-state index contributed by atoms with van der Waals surface area (Å²) in [5, 5.41) is -0.197. The van der Waals surface area contributed by atoms with E-state index in [0.29, 0.717) is 23.3 Å². The van der Waals surface area contributed by atoms with Gasteiger partial charge in [0.15, 0.2) is 0 Å². The molecule has 1 aromatic carbocycles. The van der Waals surface area contributed by atoms with Crippen LogP contribution in [0.25, 0.3) is 0 Å². The zero-order chi connectivity index (χ0) is 13.4. The second-order valence-corrected chi connectivity index (χ2v) is 5.22. The normalized spacial score (nSPS) is 18.0. The van der Waals surface area contributed by atoms with E-state index in [1.807, 2.05) is 0 Å². The van der Waals surface area contributed by atoms with Crippen molar-refractivity contribution < 1.29 is 14.4 Å². The molecule has 19 heavy (non-hydrogen) atoms. The number of hydrogen-bond donors (Lipinski definition) is 0. The number of aliphatic imine (C=N–C) groups is 1. The lowest BCUT2D eigenvalue weighted by Gasteiger charge is -2.12. The average molecular weight is 274 g/mol. The van der Waals surface area contributed by atoms with Crippen molar-refractivity contribution >= 4 is 34.5 Å². The van der Waals surface area contributed by atoms with E-state index in [1.165, 1.54) is 4.90 Å². The highest BCUT2D eigenvalue weighted by Crippen LogP contribution is 2.23. The van der Waals surface area contributed by atoms with E-state index in [-0.39, 0.29) is 23.6 Å². The molecule has 6 heteroatoms. The smallest absolute Gasteiger partial charge is 0.274 e. The second-order valence-electron chi connectivity index (χ2n) is 4.29. The van der Waals surface area contributed by atoms with Crippen LogP contribution in [-0.2, 0) is 0 Å². The fourth-order valence-corrected chi connectivity index (χ4v) is 2.84. The molecule has 1 aromatic rings. The maximum Gasteiger partial charge on any atom is 0.305 e. The topological polar surface area (TPSA) is 66.8 Å². The van der Waals surface area contributed by atoms with Crippen LogP contribution < -0.4 is 0 Å². The molecular weight excluding hydrogens is 264 g/mol. The second kappa shape index (κ2) is 4.62. The van der Waals surface area contributed by atoms with Crippen molar-refractivity contribution in [1.82, 2.24) is 4.90 Å². The lowest BCUT2D eigenvalue weighted by molar-refractivity contribution is 0.0659. The number of thioether (sulfide) groups is 1. The molecule has 2 aliphatic rings. The molecular formula is C13H10N2O3S. The van der Waals surface area contributed by atoms with Crippen molar-refractivity contribution in [3.8, 4) is 0 Å². The summed E-state index contributed by atoms with van der Waals surface area (Å²) >= 11 is 1.15. The monoisotopic (exact) mass is 274 g/mol. The summed E-state index contributed by atoms with van der Waals surface area (Å²) in [7, 11) is 0. The Balaban J connectivity index is 1.74. The number of hydrogen-bond acceptors (Lipinski definition) is 4. The van der Waals surface area contributed by atoms with Crippen molar-refractivity contribution in [2.75, 3.05) is 12.3 Å². The first kappa shape index (κ1) is 12.1. The minimum atomic E-state index is -0.266. The average Bonchev–Trinajstić information content (AvgIpc) is 2.93. The van der Waals surface area contributed by atoms with Crippen LogP contribution in [0.2, 0.25) is 0 Å². The van der Waals surface area contributed by atoms with E-state index in [1.54, 1.807) is 24.3 Å². The molecule has 0 saturated heterocycles. The Bertz CT molecular complexity index is 589. The van der Waals surface area contributed by atoms with Crippen molar-refractivity contribution in [1.29, 1.82) is 0 Å². The van der Waals surface area contributed by atoms with E-state index in [4.69, 9.17) is 0 Å². The van der Waals surface area contributed by atoms with Gasteiger partial charge in [-0.15, -0.1) is 0 Å². The van der Waals surface area contributed by atoms with Crippen LogP contribution in [0.5, 0.6) is 0 Å². The molecule has 2 aliphatic heterocycles. The molecule has 0 bridgehead atoms. The van der Waals surface area contributed by atoms with Gasteiger partial charge in [-0.1, -0.05) is 23.9 Å². The van der Waals surface area contributed by atoms with E-state index in [2.05, 4.69) is 4.99 Å². The van der Waals surface area contributed by atoms with E-state index >= 15 is 0 Å². The summed E-state index contributed by atoms with van der Waals surface area (Å²) in [6.45, 7) is 0.277. The minimum absolute atomic E-state index is 0.197. The SMILES string of the molecule is O=C1N=C(CCN2C(=O)c3ccccc3C2=O)CS1. The van der Waals surface area contributed by atoms with Crippen LogP contribution in [0.4, 0.5) is 4.79 Å². The number of benzene rings is 1. The summed E-state index contributed by atoms with van der Waals surface area (Å²) in [6.07, 6.45) is 0.463. The Morgan fingerprint density at radius 1 is 1.11 bits per heavy atom. The van der Waals surface area contributed by atoms with E-state index in [9.17, 15) is 14.4 Å². The predicted octanol–water partition coefficient (Wildman–Crippen LogP) is 1.98. The lowest BCUT2D eigenvalue weighted by Crippen LogP contribution is -2.32. The van der Waals surface area contributed by atoms with E-state index in [0.717, 1.165) is 17.5 Å². The highest BCUT2D eigenvalue weighted by Gasteiger charge is 2.34. The Morgan fingerprint density at radius 2 is 1.74 bits per heavy atom. The Kier molecular flexibility index (Phi) is 2.94. The highest BCUT2D eigenvalue weighted by atomic mass is 32.2. The number of amides is 3. The van der Waals surface area contributed by atoms with Crippen molar-refractivity contribution in [3.05, 3.63) is 35.4 Å². The number of carbonyl (C=O) groups is 3. The molecule has 0 atom stereocenters. The van der Waals surface area contributed by atoms with Gasteiger partial charge in [0, 0.05) is 24.4 Å². The molecule has 3 amide bonds. The first-order valence-corrected chi connectivity index (χ1v) is 6.84. The Labute approximate surface area is 113 Å². The van der Waals surface area contributed by atoms with Crippen LogP contribution in [-0.4, -0.2) is 40.0 Å². The summed E-state index contributed by atoms with van der Waals surface area (Å²) < 4.78 is 0. The van der Waals surface area contributed by atoms with Crippen LogP contribution in [0.15, 0.2) is 29.3 Å². The Hall–Kier alpha value is -1.95. The molecule has 0 unspecified atom stereocenters. The summed E-state index contributed by atoms with van der Waals surface area (Å²) in [5.41, 5.74) is 1.64. The number of carbonyl (C=O) groups excluding carboxylic acids is 3. The fraction of sp³-hybridized carbons (Fsp3) is 0.231. The van der Waals surface area contributed by atoms with Crippen molar-refractivity contribution in [2.45, 2.75) is 6.42 Å². The van der Waals surface area contributed by atoms with E-state index < -0.39 is 0 Å². The van der Waals surface area contributed by atoms with Gasteiger partial charge in [0.2, 0.25) is 0 Å². The summed E-state index contributed by atoms with van der Waals surface area (Å²) in [4.78, 5) is 40.2. The van der Waals surface area contributed by atoms with Crippen LogP contribution in [0, 0.1) is 0 Å². The molecule has 2 heterocycles. The fourth-order valence-electron chi connectivity index (χ4n) is 2.15. The van der Waals surface area contributed by atoms with Crippen LogP contribution in [0.3, 0.4) is 0 Å². The van der Waals surface area contributed by atoms with Gasteiger partial charge in [-0.05, 0) is 12.1 Å². The summed E-state index contributed by atoms with van der Waals surface area (Å²) in [5.74, 6) is 0.0264. The molecule has 0 radical (unpaired) electrons. The van der Waals surface area contributed by atoms with Gasteiger partial charge in [-0.2, -0.15) is 0 Å². The predicted molar refractivity (Wildman–Crippen MR) is 71.7 cm³/mol. The first-order valence-electron chi connectivity index (χ1n) is 5.85. The van der Waals surface area contributed by atoms with Gasteiger partial charge in [0.05, 0.1) is 11.1 Å². The molecule has 3 rings (SSSR count). The van der Waals surface area contributed by atoms with Gasteiger partial charge >= 0.3 is 5.24 Å². The molecule has 0 saturated carbocycles. The quantitative estimate of drug-likeness (QED) is 0.790. The van der Waals surface area contributed by atoms with Gasteiger partial charge in [0.25, 0.3) is 11.8 Å². The first-order chi connectivity index (χ1) is 9.16. The van der Waals surface area contributed by atoms with Crippen LogP contribution >= 0.6 is 11.8 Å². The zero-order valence-corrected chi connectivity index (χ0v) is 10.8. The molecule has 0 spiro atoms. The summed E-state index contributed by atoms with van der Waals surface area (Å²) in [6, 6.07) is 6.79. The maximum absolute atomic E-state index is 12.1. The lowest BCUT2D eigenvalue weighted by atomic mass is 10.1. The largest absolute Gasteiger partial charge is 0.305 e. The molecule has 0 aliphatic carbocycles. The molecule has 0 fully saturated rings. The van der Waals surface area contributed by atoms with Crippen molar-refractivity contribution in [2.24, 2.45) is 4.99 Å². The standard InChI is InChI=1S/C13H10N2O3S/c16-11-9-3-1-2-4-10(9)12(17)15(11)6-5-8-7-19-13(18)14-8/h1-4H,5-7H2. The number of nitrogens with zero attached hydrogens (tertiary/aromatic N) is 2. The van der Waals surface area contributed by atoms with Crippen LogP contribution in [0.1, 0.15) is 27.1 Å². The molecule has 0 aromatic heterocycles. The highest BCUT2D eigenvalue weighted by molar-refractivity contribution is 8.14. The van der Waals surface area contributed by atoms with Gasteiger partial charge < -0.3 is 0 Å². The van der Waals surface area contributed by atoms with Gasteiger partial charge in [0.1, 0.15) is 0 Å². The third kappa shape index (κ3) is 2.08. The van der Waals surface area contributed by atoms with Gasteiger partial charge in [-0.3, -0.25) is 19.3 Å². The van der Waals surface area contributed by atoms with Crippen molar-refractivity contribution in [3.63, 3.8) is 0 Å². The zero-order valence-electron chi connectivity index (χ0n) is 9.96. The maximum atomic E-state index is 12.1. The number of imide groups is 1. The van der Waals surface area contributed by atoms with Gasteiger partial charge in [-0.25, -0.2) is 4.99 Å². The minimum Gasteiger partial charge on any atom is -0.274 e. The molecule has 5 nitrogen and oxygen atoms in total. The molecule has 0 N–H and O–H groups in total. The number of fused-ring (bicyclic) bond motifs is 1. The number of rotatable bonds is 3. The third-order valence-corrected chi connectivity index (χ3v) is 3.93.